The van der Waals surface area contributed by atoms with Crippen LogP contribution in [0.3, 0.4) is 0 Å². The van der Waals surface area contributed by atoms with Gasteiger partial charge in [0.15, 0.2) is 0 Å². The largest absolute Gasteiger partial charge is 0.328 e. The van der Waals surface area contributed by atoms with Gasteiger partial charge in [-0.25, -0.2) is 0 Å². The number of carbonyl (C=O) groups excluding carboxylic acids is 2. The molecular weight excluding hydrogens is 302 g/mol. The molecule has 5 nitrogen and oxygen atoms in total. The van der Waals surface area contributed by atoms with Crippen molar-refractivity contribution >= 4 is 23.2 Å². The van der Waals surface area contributed by atoms with Crippen LogP contribution < -0.4 is 16.0 Å². The van der Waals surface area contributed by atoms with E-state index in [-0.39, 0.29) is 17.9 Å². The zero-order valence-corrected chi connectivity index (χ0v) is 14.0. The van der Waals surface area contributed by atoms with Crippen molar-refractivity contribution in [1.29, 1.82) is 0 Å². The lowest BCUT2D eigenvalue weighted by atomic mass is 10.1. The fraction of sp³-hybridized carbons (Fsp3) is 0.263. The molecule has 126 valence electrons. The number of nitrogens with two attached hydrogens (primary N) is 1. The minimum absolute atomic E-state index is 0.0109. The molecule has 2 amide bonds. The molecule has 2 aromatic rings. The van der Waals surface area contributed by atoms with Crippen molar-refractivity contribution in [2.45, 2.75) is 25.8 Å². The van der Waals surface area contributed by atoms with Gasteiger partial charge in [0, 0.05) is 36.4 Å². The maximum atomic E-state index is 12.6. The third-order valence-electron chi connectivity index (χ3n) is 3.67. The molecule has 0 aromatic heterocycles. The highest BCUT2D eigenvalue weighted by atomic mass is 16.2. The van der Waals surface area contributed by atoms with Gasteiger partial charge in [0.25, 0.3) is 5.91 Å². The smallest absolute Gasteiger partial charge is 0.258 e. The number of nitrogens with zero attached hydrogens (tertiary/aromatic N) is 1. The zero-order valence-electron chi connectivity index (χ0n) is 14.0. The summed E-state index contributed by atoms with van der Waals surface area (Å²) in [5.41, 5.74) is 7.60. The number of hydrogen-bond acceptors (Lipinski definition) is 3. The summed E-state index contributed by atoms with van der Waals surface area (Å²) in [4.78, 5) is 26.1. The van der Waals surface area contributed by atoms with Crippen LogP contribution in [0.15, 0.2) is 54.6 Å². The fourth-order valence-electron chi connectivity index (χ4n) is 2.27. The molecule has 1 atom stereocenters. The van der Waals surface area contributed by atoms with Gasteiger partial charge >= 0.3 is 0 Å². The Kier molecular flexibility index (Phi) is 6.09. The third kappa shape index (κ3) is 4.93. The molecule has 0 saturated heterocycles. The van der Waals surface area contributed by atoms with Crippen LogP contribution >= 0.6 is 0 Å². The highest BCUT2D eigenvalue weighted by molar-refractivity contribution is 6.06. The van der Waals surface area contributed by atoms with Gasteiger partial charge in [-0.05, 0) is 43.7 Å². The Morgan fingerprint density at radius 3 is 2.50 bits per heavy atom. The van der Waals surface area contributed by atoms with Crippen LogP contribution in [-0.2, 0) is 4.79 Å². The van der Waals surface area contributed by atoms with Gasteiger partial charge in [-0.3, -0.25) is 9.59 Å². The second kappa shape index (κ2) is 8.26. The summed E-state index contributed by atoms with van der Waals surface area (Å²) in [6.07, 6.45) is 0.987. The van der Waals surface area contributed by atoms with E-state index in [1.807, 2.05) is 37.3 Å². The van der Waals surface area contributed by atoms with Crippen molar-refractivity contribution in [2.24, 2.45) is 5.73 Å². The summed E-state index contributed by atoms with van der Waals surface area (Å²) in [6, 6.07) is 16.3. The minimum atomic E-state index is -0.132. The van der Waals surface area contributed by atoms with Crippen LogP contribution in [0.2, 0.25) is 0 Å². The Morgan fingerprint density at radius 2 is 1.83 bits per heavy atom. The predicted octanol–water partition coefficient (Wildman–Crippen LogP) is 3.03. The first-order valence-corrected chi connectivity index (χ1v) is 7.96. The summed E-state index contributed by atoms with van der Waals surface area (Å²) in [6.45, 7) is 1.87. The molecular formula is C19H23N3O2. The number of amides is 2. The highest BCUT2D eigenvalue weighted by Crippen LogP contribution is 2.17. The molecule has 0 aliphatic carbocycles. The predicted molar refractivity (Wildman–Crippen MR) is 97.1 cm³/mol. The van der Waals surface area contributed by atoms with E-state index in [4.69, 9.17) is 5.73 Å². The van der Waals surface area contributed by atoms with E-state index in [1.54, 1.807) is 36.2 Å². The number of carbonyl (C=O) groups is 2. The topological polar surface area (TPSA) is 75.4 Å². The standard InChI is InChI=1S/C19H23N3O2/c1-14(20)11-12-18(23)21-16-8-6-7-15(13-16)19(24)22(2)17-9-4-3-5-10-17/h3-10,13-14H,11-12,20H2,1-2H3,(H,21,23). The molecule has 5 heteroatoms. The molecule has 0 aliphatic rings. The van der Waals surface area contributed by atoms with Crippen LogP contribution in [0.4, 0.5) is 11.4 Å². The monoisotopic (exact) mass is 325 g/mol. The van der Waals surface area contributed by atoms with Crippen LogP contribution in [0.1, 0.15) is 30.1 Å². The lowest BCUT2D eigenvalue weighted by Gasteiger charge is -2.17. The summed E-state index contributed by atoms with van der Waals surface area (Å²) < 4.78 is 0. The van der Waals surface area contributed by atoms with E-state index in [1.165, 1.54) is 0 Å². The number of nitrogens with one attached hydrogen (secondary N) is 1. The average molecular weight is 325 g/mol. The first-order chi connectivity index (χ1) is 11.5. The maximum Gasteiger partial charge on any atom is 0.258 e. The second-order valence-corrected chi connectivity index (χ2v) is 5.84. The van der Waals surface area contributed by atoms with Gasteiger partial charge in [-0.15, -0.1) is 0 Å². The van der Waals surface area contributed by atoms with Crippen molar-refractivity contribution in [3.63, 3.8) is 0 Å². The molecule has 0 saturated carbocycles. The molecule has 0 bridgehead atoms. The number of benzene rings is 2. The molecule has 2 aromatic carbocycles. The molecule has 2 rings (SSSR count). The number of rotatable bonds is 6. The van der Waals surface area contributed by atoms with Crippen molar-refractivity contribution in [3.05, 3.63) is 60.2 Å². The van der Waals surface area contributed by atoms with Crippen molar-refractivity contribution in [3.8, 4) is 0 Å². The molecule has 1 unspecified atom stereocenters. The Morgan fingerprint density at radius 1 is 1.12 bits per heavy atom. The molecule has 24 heavy (non-hydrogen) atoms. The van der Waals surface area contributed by atoms with E-state index in [0.717, 1.165) is 5.69 Å². The number of para-hydroxylation sites is 1. The summed E-state index contributed by atoms with van der Waals surface area (Å²) in [7, 11) is 1.73. The maximum absolute atomic E-state index is 12.6. The summed E-state index contributed by atoms with van der Waals surface area (Å²) >= 11 is 0. The van der Waals surface area contributed by atoms with E-state index in [9.17, 15) is 9.59 Å². The third-order valence-corrected chi connectivity index (χ3v) is 3.67. The number of anilines is 2. The first-order valence-electron chi connectivity index (χ1n) is 7.96. The van der Waals surface area contributed by atoms with Crippen molar-refractivity contribution < 1.29 is 9.59 Å². The average Bonchev–Trinajstić information content (AvgIpc) is 2.59. The van der Waals surface area contributed by atoms with Crippen LogP contribution in [0, 0.1) is 0 Å². The summed E-state index contributed by atoms with van der Waals surface area (Å²) in [5, 5.41) is 2.81. The lowest BCUT2D eigenvalue weighted by Crippen LogP contribution is -2.26. The SMILES string of the molecule is CC(N)CCC(=O)Nc1cccc(C(=O)N(C)c2ccccc2)c1. The Balaban J connectivity index is 2.06. The first kappa shape index (κ1) is 17.7. The van der Waals surface area contributed by atoms with E-state index >= 15 is 0 Å². The minimum Gasteiger partial charge on any atom is -0.328 e. The van der Waals surface area contributed by atoms with Gasteiger partial charge < -0.3 is 16.0 Å². The van der Waals surface area contributed by atoms with Crippen LogP contribution in [0.25, 0.3) is 0 Å². The molecule has 3 N–H and O–H groups in total. The fourth-order valence-corrected chi connectivity index (χ4v) is 2.27. The molecule has 0 radical (unpaired) electrons. The van der Waals surface area contributed by atoms with E-state index < -0.39 is 0 Å². The van der Waals surface area contributed by atoms with Crippen molar-refractivity contribution in [1.82, 2.24) is 0 Å². The normalized spacial score (nSPS) is 11.6. The Bertz CT molecular complexity index is 699. The molecule has 0 heterocycles. The highest BCUT2D eigenvalue weighted by Gasteiger charge is 2.14. The number of hydrogen-bond donors (Lipinski definition) is 2. The summed E-state index contributed by atoms with van der Waals surface area (Å²) in [5.74, 6) is -0.235. The second-order valence-electron chi connectivity index (χ2n) is 5.84. The van der Waals surface area contributed by atoms with E-state index in [2.05, 4.69) is 5.32 Å². The van der Waals surface area contributed by atoms with Gasteiger partial charge in [-0.1, -0.05) is 24.3 Å². The quantitative estimate of drug-likeness (QED) is 0.857. The van der Waals surface area contributed by atoms with Gasteiger partial charge in [0.1, 0.15) is 0 Å². The van der Waals surface area contributed by atoms with Crippen LogP contribution in [0.5, 0.6) is 0 Å². The molecule has 0 spiro atoms. The van der Waals surface area contributed by atoms with Crippen LogP contribution in [-0.4, -0.2) is 24.9 Å². The van der Waals surface area contributed by atoms with Crippen molar-refractivity contribution in [2.75, 3.05) is 17.3 Å². The Labute approximate surface area is 142 Å². The van der Waals surface area contributed by atoms with Gasteiger partial charge in [-0.2, -0.15) is 0 Å². The molecule has 0 aliphatic heterocycles. The molecule has 0 fully saturated rings. The van der Waals surface area contributed by atoms with Gasteiger partial charge in [0.2, 0.25) is 5.91 Å². The van der Waals surface area contributed by atoms with E-state index in [0.29, 0.717) is 24.1 Å². The zero-order chi connectivity index (χ0) is 17.5. The van der Waals surface area contributed by atoms with Gasteiger partial charge in [0.05, 0.1) is 0 Å². The lowest BCUT2D eigenvalue weighted by molar-refractivity contribution is -0.116. The Hall–Kier alpha value is -2.66.